The first-order valence-electron chi connectivity index (χ1n) is 8.42. The van der Waals surface area contributed by atoms with E-state index in [4.69, 9.17) is 4.74 Å². The van der Waals surface area contributed by atoms with Crippen molar-refractivity contribution in [1.82, 2.24) is 0 Å². The lowest BCUT2D eigenvalue weighted by molar-refractivity contribution is 0.184. The number of ether oxygens (including phenoxy) is 1. The molecule has 1 aliphatic heterocycles. The first-order chi connectivity index (χ1) is 13.0. The summed E-state index contributed by atoms with van der Waals surface area (Å²) in [6, 6.07) is 8.81. The number of phenols is 1. The topological polar surface area (TPSA) is 121 Å². The van der Waals surface area contributed by atoms with E-state index in [1.54, 1.807) is 13.0 Å². The molecule has 1 aliphatic rings. The standard InChI is InChI=1S/C18H21NO7S2/c1-12-6-7-17(26-2)18(8-12)28(24,25)19(13-4-3-5-14(20)9-13)15-10-27(22,23)11-16(15)21/h3-9,15-16,20-21H,10-11H2,1-2H3/t15-,16+/m1/s1. The Morgan fingerprint density at radius 2 is 1.86 bits per heavy atom. The average molecular weight is 428 g/mol. The summed E-state index contributed by atoms with van der Waals surface area (Å²) in [4.78, 5) is -0.158. The fourth-order valence-corrected chi connectivity index (χ4v) is 7.04. The van der Waals surface area contributed by atoms with Crippen LogP contribution in [0.4, 0.5) is 5.69 Å². The van der Waals surface area contributed by atoms with Gasteiger partial charge in [-0.15, -0.1) is 0 Å². The second-order valence-electron chi connectivity index (χ2n) is 6.69. The van der Waals surface area contributed by atoms with Crippen molar-refractivity contribution in [1.29, 1.82) is 0 Å². The maximum atomic E-state index is 13.6. The Balaban J connectivity index is 2.24. The first-order valence-corrected chi connectivity index (χ1v) is 11.7. The van der Waals surface area contributed by atoms with Gasteiger partial charge >= 0.3 is 0 Å². The Morgan fingerprint density at radius 3 is 2.43 bits per heavy atom. The van der Waals surface area contributed by atoms with E-state index < -0.39 is 43.5 Å². The maximum Gasteiger partial charge on any atom is 0.268 e. The minimum absolute atomic E-state index is 0.0460. The van der Waals surface area contributed by atoms with Crippen LogP contribution in [0.25, 0.3) is 0 Å². The SMILES string of the molecule is COc1ccc(C)cc1S(=O)(=O)N(c1cccc(O)c1)[C@@H]1CS(=O)(=O)C[C@@H]1O. The molecule has 1 fully saturated rings. The van der Waals surface area contributed by atoms with E-state index in [2.05, 4.69) is 0 Å². The van der Waals surface area contributed by atoms with Gasteiger partial charge in [-0.25, -0.2) is 16.8 Å². The molecule has 0 amide bonds. The number of rotatable bonds is 5. The lowest BCUT2D eigenvalue weighted by atomic mass is 10.2. The third-order valence-corrected chi connectivity index (χ3v) is 8.11. The van der Waals surface area contributed by atoms with E-state index in [9.17, 15) is 27.0 Å². The molecule has 0 bridgehead atoms. The largest absolute Gasteiger partial charge is 0.508 e. The zero-order chi connectivity index (χ0) is 20.7. The normalized spacial score (nSPS) is 21.4. The van der Waals surface area contributed by atoms with Crippen molar-refractivity contribution in [3.8, 4) is 11.5 Å². The van der Waals surface area contributed by atoms with Gasteiger partial charge in [0, 0.05) is 6.07 Å². The summed E-state index contributed by atoms with van der Waals surface area (Å²) in [5.41, 5.74) is 0.708. The van der Waals surface area contributed by atoms with Gasteiger partial charge < -0.3 is 14.9 Å². The number of aryl methyl sites for hydroxylation is 1. The number of benzene rings is 2. The fourth-order valence-electron chi connectivity index (χ4n) is 3.26. The highest BCUT2D eigenvalue weighted by atomic mass is 32.2. The molecule has 28 heavy (non-hydrogen) atoms. The smallest absolute Gasteiger partial charge is 0.268 e. The Morgan fingerprint density at radius 1 is 1.14 bits per heavy atom. The molecule has 0 aliphatic carbocycles. The summed E-state index contributed by atoms with van der Waals surface area (Å²) < 4.78 is 57.3. The Bertz CT molecular complexity index is 1100. The second kappa shape index (κ2) is 7.26. The van der Waals surface area contributed by atoms with E-state index in [1.807, 2.05) is 0 Å². The summed E-state index contributed by atoms with van der Waals surface area (Å²) in [7, 11) is -6.62. The molecule has 2 N–H and O–H groups in total. The number of sulfone groups is 1. The molecule has 0 saturated carbocycles. The van der Waals surface area contributed by atoms with Crippen LogP contribution in [0.3, 0.4) is 0 Å². The molecule has 0 aromatic heterocycles. The predicted octanol–water partition coefficient (Wildman–Crippen LogP) is 1.06. The van der Waals surface area contributed by atoms with Crippen LogP contribution in [-0.2, 0) is 19.9 Å². The van der Waals surface area contributed by atoms with Crippen molar-refractivity contribution in [3.63, 3.8) is 0 Å². The van der Waals surface area contributed by atoms with Crippen LogP contribution in [-0.4, -0.2) is 57.8 Å². The molecule has 3 rings (SSSR count). The molecular weight excluding hydrogens is 406 g/mol. The van der Waals surface area contributed by atoms with E-state index in [1.165, 1.54) is 43.5 Å². The molecule has 2 aromatic carbocycles. The predicted molar refractivity (Wildman–Crippen MR) is 104 cm³/mol. The fraction of sp³-hybridized carbons (Fsp3) is 0.333. The van der Waals surface area contributed by atoms with Crippen LogP contribution >= 0.6 is 0 Å². The lowest BCUT2D eigenvalue weighted by Gasteiger charge is -2.32. The molecule has 0 spiro atoms. The number of aromatic hydroxyl groups is 1. The summed E-state index contributed by atoms with van der Waals surface area (Å²) >= 11 is 0. The number of sulfonamides is 1. The number of phenolic OH excluding ortho intramolecular Hbond substituents is 1. The van der Waals surface area contributed by atoms with Gasteiger partial charge in [0.2, 0.25) is 0 Å². The van der Waals surface area contributed by atoms with Crippen molar-refractivity contribution in [2.45, 2.75) is 24.0 Å². The molecule has 1 saturated heterocycles. The number of nitrogens with zero attached hydrogens (tertiary/aromatic N) is 1. The third-order valence-electron chi connectivity index (χ3n) is 4.53. The van der Waals surface area contributed by atoms with Gasteiger partial charge in [0.25, 0.3) is 10.0 Å². The molecule has 1 heterocycles. The van der Waals surface area contributed by atoms with Crippen molar-refractivity contribution in [3.05, 3.63) is 48.0 Å². The van der Waals surface area contributed by atoms with Crippen LogP contribution < -0.4 is 9.04 Å². The van der Waals surface area contributed by atoms with Crippen molar-refractivity contribution >= 4 is 25.5 Å². The van der Waals surface area contributed by atoms with Gasteiger partial charge in [0.15, 0.2) is 9.84 Å². The summed E-state index contributed by atoms with van der Waals surface area (Å²) in [5.74, 6) is -1.17. The zero-order valence-corrected chi connectivity index (χ0v) is 16.9. The van der Waals surface area contributed by atoms with E-state index in [0.717, 1.165) is 4.31 Å². The summed E-state index contributed by atoms with van der Waals surface area (Å²) in [6.45, 7) is 1.71. The number of methoxy groups -OCH3 is 1. The minimum Gasteiger partial charge on any atom is -0.508 e. The van der Waals surface area contributed by atoms with Gasteiger partial charge in [0.1, 0.15) is 16.4 Å². The van der Waals surface area contributed by atoms with Gasteiger partial charge in [0.05, 0.1) is 36.4 Å². The Hall–Kier alpha value is -2.30. The Labute approximate surface area is 164 Å². The average Bonchev–Trinajstić information content (AvgIpc) is 2.87. The lowest BCUT2D eigenvalue weighted by Crippen LogP contribution is -2.47. The number of anilines is 1. The molecule has 152 valence electrons. The van der Waals surface area contributed by atoms with E-state index in [-0.39, 0.29) is 22.1 Å². The maximum absolute atomic E-state index is 13.6. The monoisotopic (exact) mass is 427 g/mol. The van der Waals surface area contributed by atoms with Crippen molar-refractivity contribution < 1.29 is 31.8 Å². The van der Waals surface area contributed by atoms with Crippen LogP contribution in [0.1, 0.15) is 5.56 Å². The highest BCUT2D eigenvalue weighted by Crippen LogP contribution is 2.36. The molecule has 0 radical (unpaired) electrons. The molecule has 2 atom stereocenters. The summed E-state index contributed by atoms with van der Waals surface area (Å²) in [5, 5.41) is 20.2. The second-order valence-corrected chi connectivity index (χ2v) is 10.6. The van der Waals surface area contributed by atoms with Crippen LogP contribution in [0.2, 0.25) is 0 Å². The van der Waals surface area contributed by atoms with Crippen LogP contribution in [0.15, 0.2) is 47.4 Å². The number of aliphatic hydroxyl groups is 1. The highest BCUT2D eigenvalue weighted by molar-refractivity contribution is 7.93. The molecule has 8 nitrogen and oxygen atoms in total. The van der Waals surface area contributed by atoms with Crippen LogP contribution in [0.5, 0.6) is 11.5 Å². The summed E-state index contributed by atoms with van der Waals surface area (Å²) in [6.07, 6.45) is -1.40. The van der Waals surface area contributed by atoms with Gasteiger partial charge in [-0.05, 0) is 36.8 Å². The Kier molecular flexibility index (Phi) is 5.30. The minimum atomic E-state index is -4.33. The molecule has 2 aromatic rings. The quantitative estimate of drug-likeness (QED) is 0.732. The van der Waals surface area contributed by atoms with Crippen LogP contribution in [0, 0.1) is 6.92 Å². The van der Waals surface area contributed by atoms with E-state index in [0.29, 0.717) is 5.56 Å². The third kappa shape index (κ3) is 3.80. The van der Waals surface area contributed by atoms with Crippen molar-refractivity contribution in [2.75, 3.05) is 22.9 Å². The highest BCUT2D eigenvalue weighted by Gasteiger charge is 2.45. The van der Waals surface area contributed by atoms with Crippen molar-refractivity contribution in [2.24, 2.45) is 0 Å². The van der Waals surface area contributed by atoms with Gasteiger partial charge in [-0.3, -0.25) is 4.31 Å². The first kappa shape index (κ1) is 20.4. The number of hydrogen-bond donors (Lipinski definition) is 2. The molecular formula is C18H21NO7S2. The van der Waals surface area contributed by atoms with Gasteiger partial charge in [-0.2, -0.15) is 0 Å². The number of aliphatic hydroxyl groups excluding tert-OH is 1. The molecule has 0 unspecified atom stereocenters. The van der Waals surface area contributed by atoms with E-state index >= 15 is 0 Å². The van der Waals surface area contributed by atoms with Gasteiger partial charge in [-0.1, -0.05) is 12.1 Å². The zero-order valence-electron chi connectivity index (χ0n) is 15.3. The number of hydrogen-bond acceptors (Lipinski definition) is 7. The molecule has 10 heteroatoms.